The summed E-state index contributed by atoms with van der Waals surface area (Å²) in [6.45, 7) is 4.60. The predicted molar refractivity (Wildman–Crippen MR) is 108 cm³/mol. The Bertz CT molecular complexity index is 1010. The van der Waals surface area contributed by atoms with Crippen LogP contribution in [0.2, 0.25) is 0 Å². The molecule has 0 radical (unpaired) electrons. The summed E-state index contributed by atoms with van der Waals surface area (Å²) >= 11 is 0. The van der Waals surface area contributed by atoms with Crippen LogP contribution in [-0.4, -0.2) is 27.5 Å². The average molecular weight is 398 g/mol. The van der Waals surface area contributed by atoms with Crippen molar-refractivity contribution < 1.29 is 17.9 Å². The zero-order chi connectivity index (χ0) is 19.7. The van der Waals surface area contributed by atoms with Gasteiger partial charge >= 0.3 is 0 Å². The smallest absolute Gasteiger partial charge is 0.261 e. The third-order valence-electron chi connectivity index (χ3n) is 4.92. The van der Waals surface area contributed by atoms with Gasteiger partial charge in [-0.25, -0.2) is 8.42 Å². The van der Waals surface area contributed by atoms with Gasteiger partial charge in [-0.2, -0.15) is 0 Å². The van der Waals surface area contributed by atoms with Crippen LogP contribution in [0, 0.1) is 5.92 Å². The summed E-state index contributed by atoms with van der Waals surface area (Å²) in [6, 6.07) is 11.7. The quantitative estimate of drug-likeness (QED) is 0.726. The fourth-order valence-electron chi connectivity index (χ4n) is 3.31. The van der Waals surface area contributed by atoms with E-state index in [0.29, 0.717) is 31.0 Å². The highest BCUT2D eigenvalue weighted by atomic mass is 32.2. The molecule has 2 aliphatic rings. The number of sulfonamides is 1. The lowest BCUT2D eigenvalue weighted by molar-refractivity contribution is -0.119. The minimum Gasteiger partial charge on any atom is -0.490 e. The van der Waals surface area contributed by atoms with Crippen molar-refractivity contribution in [2.75, 3.05) is 22.8 Å². The first-order valence-corrected chi connectivity index (χ1v) is 10.8. The normalized spacial score (nSPS) is 15.8. The van der Waals surface area contributed by atoms with Crippen LogP contribution in [0.15, 0.2) is 60.0 Å². The summed E-state index contributed by atoms with van der Waals surface area (Å²) in [5.41, 5.74) is 2.18. The third-order valence-corrected chi connectivity index (χ3v) is 6.30. The molecule has 1 aliphatic carbocycles. The molecule has 0 spiro atoms. The summed E-state index contributed by atoms with van der Waals surface area (Å²) in [5, 5.41) is 0. The number of amides is 1. The maximum atomic E-state index is 12.8. The lowest BCUT2D eigenvalue weighted by Crippen LogP contribution is -2.30. The number of nitrogens with zero attached hydrogens (tertiary/aromatic N) is 1. The van der Waals surface area contributed by atoms with E-state index >= 15 is 0 Å². The van der Waals surface area contributed by atoms with Crippen molar-refractivity contribution >= 4 is 27.3 Å². The van der Waals surface area contributed by atoms with Gasteiger partial charge in [0.15, 0.2) is 0 Å². The SMILES string of the molecule is C=CCOc1ccc(NS(=O)(=O)c2ccc3c(c2)CCN3C(=O)C2CC2)cc1. The number of anilines is 2. The summed E-state index contributed by atoms with van der Waals surface area (Å²) in [6.07, 6.45) is 4.23. The van der Waals surface area contributed by atoms with Crippen LogP contribution in [0.25, 0.3) is 0 Å². The highest BCUT2D eigenvalue weighted by Crippen LogP contribution is 2.37. The number of nitrogens with one attached hydrogen (secondary N) is 1. The highest BCUT2D eigenvalue weighted by Gasteiger charge is 2.36. The van der Waals surface area contributed by atoms with E-state index in [4.69, 9.17) is 4.74 Å². The van der Waals surface area contributed by atoms with E-state index < -0.39 is 10.0 Å². The molecule has 1 fully saturated rings. The van der Waals surface area contributed by atoms with Crippen molar-refractivity contribution in [3.05, 3.63) is 60.7 Å². The van der Waals surface area contributed by atoms with Gasteiger partial charge in [0.1, 0.15) is 12.4 Å². The summed E-state index contributed by atoms with van der Waals surface area (Å²) in [4.78, 5) is 14.4. The van der Waals surface area contributed by atoms with Crippen LogP contribution in [0.3, 0.4) is 0 Å². The van der Waals surface area contributed by atoms with Crippen molar-refractivity contribution in [3.8, 4) is 5.75 Å². The van der Waals surface area contributed by atoms with Crippen molar-refractivity contribution in [1.82, 2.24) is 0 Å². The lowest BCUT2D eigenvalue weighted by atomic mass is 10.2. The number of rotatable bonds is 7. The van der Waals surface area contributed by atoms with E-state index in [2.05, 4.69) is 11.3 Å². The molecule has 1 amide bonds. The third kappa shape index (κ3) is 3.75. The van der Waals surface area contributed by atoms with Gasteiger partial charge in [0.05, 0.1) is 4.90 Å². The molecule has 0 unspecified atom stereocenters. The van der Waals surface area contributed by atoms with E-state index in [9.17, 15) is 13.2 Å². The predicted octanol–water partition coefficient (Wildman–Crippen LogP) is 3.35. The Labute approximate surface area is 164 Å². The van der Waals surface area contributed by atoms with E-state index in [1.54, 1.807) is 53.4 Å². The molecule has 146 valence electrons. The number of carbonyl (C=O) groups is 1. The Morgan fingerprint density at radius 1 is 1.21 bits per heavy atom. The van der Waals surface area contributed by atoms with Gasteiger partial charge in [-0.3, -0.25) is 9.52 Å². The molecular formula is C21H22N2O4S. The first-order valence-electron chi connectivity index (χ1n) is 9.29. The van der Waals surface area contributed by atoms with Crippen molar-refractivity contribution in [2.45, 2.75) is 24.2 Å². The Morgan fingerprint density at radius 2 is 1.96 bits per heavy atom. The number of hydrogen-bond donors (Lipinski definition) is 1. The maximum Gasteiger partial charge on any atom is 0.261 e. The molecule has 0 saturated heterocycles. The molecule has 4 rings (SSSR count). The molecule has 1 heterocycles. The topological polar surface area (TPSA) is 75.7 Å². The van der Waals surface area contributed by atoms with Crippen LogP contribution in [0.4, 0.5) is 11.4 Å². The summed E-state index contributed by atoms with van der Waals surface area (Å²) in [5.74, 6) is 0.946. The van der Waals surface area contributed by atoms with Crippen molar-refractivity contribution in [3.63, 3.8) is 0 Å². The molecule has 2 aromatic rings. The fourth-order valence-corrected chi connectivity index (χ4v) is 4.42. The number of ether oxygens (including phenoxy) is 1. The van der Waals surface area contributed by atoms with Gasteiger partial charge in [-0.15, -0.1) is 0 Å². The molecule has 1 saturated carbocycles. The van der Waals surface area contributed by atoms with Gasteiger partial charge in [-0.1, -0.05) is 12.7 Å². The lowest BCUT2D eigenvalue weighted by Gasteiger charge is -2.17. The molecule has 0 atom stereocenters. The second kappa shape index (κ2) is 7.31. The second-order valence-electron chi connectivity index (χ2n) is 7.03. The summed E-state index contributed by atoms with van der Waals surface area (Å²) in [7, 11) is -3.72. The van der Waals surface area contributed by atoms with Crippen LogP contribution < -0.4 is 14.4 Å². The molecule has 28 heavy (non-hydrogen) atoms. The van der Waals surface area contributed by atoms with Crippen molar-refractivity contribution in [1.29, 1.82) is 0 Å². The standard InChI is InChI=1S/C21H22N2O4S/c1-2-13-27-18-7-5-17(6-8-18)22-28(25,26)19-9-10-20-16(14-19)11-12-23(20)21(24)15-3-4-15/h2,5-10,14-15,22H,1,3-4,11-13H2. The molecular weight excluding hydrogens is 376 g/mol. The highest BCUT2D eigenvalue weighted by molar-refractivity contribution is 7.92. The number of carbonyl (C=O) groups excluding carboxylic acids is 1. The van der Waals surface area contributed by atoms with Crippen LogP contribution in [0.5, 0.6) is 5.75 Å². The Balaban J connectivity index is 1.50. The van der Waals surface area contributed by atoms with E-state index in [0.717, 1.165) is 24.1 Å². The average Bonchev–Trinajstić information content (AvgIpc) is 3.45. The van der Waals surface area contributed by atoms with Gasteiger partial charge in [0, 0.05) is 23.8 Å². The van der Waals surface area contributed by atoms with Gasteiger partial charge in [-0.05, 0) is 67.3 Å². The summed E-state index contributed by atoms with van der Waals surface area (Å²) < 4.78 is 33.5. The minimum atomic E-state index is -3.72. The molecule has 0 aromatic heterocycles. The molecule has 7 heteroatoms. The Hall–Kier alpha value is -2.80. The van der Waals surface area contributed by atoms with Gasteiger partial charge < -0.3 is 9.64 Å². The van der Waals surface area contributed by atoms with E-state index in [-0.39, 0.29) is 16.7 Å². The molecule has 1 aliphatic heterocycles. The van der Waals surface area contributed by atoms with Crippen LogP contribution in [0.1, 0.15) is 18.4 Å². The number of benzene rings is 2. The van der Waals surface area contributed by atoms with Crippen LogP contribution in [-0.2, 0) is 21.2 Å². The Kier molecular flexibility index (Phi) is 4.85. The molecule has 0 bridgehead atoms. The molecule has 1 N–H and O–H groups in total. The second-order valence-corrected chi connectivity index (χ2v) is 8.72. The maximum absolute atomic E-state index is 12.8. The fraction of sp³-hybridized carbons (Fsp3) is 0.286. The number of fused-ring (bicyclic) bond motifs is 1. The first kappa shape index (κ1) is 18.6. The van der Waals surface area contributed by atoms with Gasteiger partial charge in [0.2, 0.25) is 5.91 Å². The van der Waals surface area contributed by atoms with Crippen molar-refractivity contribution in [2.24, 2.45) is 5.92 Å². The Morgan fingerprint density at radius 3 is 2.64 bits per heavy atom. The van der Waals surface area contributed by atoms with E-state index in [1.807, 2.05) is 0 Å². The van der Waals surface area contributed by atoms with Crippen LogP contribution >= 0.6 is 0 Å². The number of hydrogen-bond acceptors (Lipinski definition) is 4. The molecule has 6 nitrogen and oxygen atoms in total. The van der Waals surface area contributed by atoms with E-state index in [1.165, 1.54) is 0 Å². The minimum absolute atomic E-state index is 0.148. The first-order chi connectivity index (χ1) is 13.5. The zero-order valence-electron chi connectivity index (χ0n) is 15.4. The van der Waals surface area contributed by atoms with Gasteiger partial charge in [0.25, 0.3) is 10.0 Å². The largest absolute Gasteiger partial charge is 0.490 e. The zero-order valence-corrected chi connectivity index (χ0v) is 16.2. The monoisotopic (exact) mass is 398 g/mol. The molecule has 2 aromatic carbocycles.